The number of rotatable bonds is 5. The third kappa shape index (κ3) is 4.03. The van der Waals surface area contributed by atoms with Crippen molar-refractivity contribution in [3.05, 3.63) is 24.3 Å². The van der Waals surface area contributed by atoms with E-state index in [9.17, 15) is 0 Å². The van der Waals surface area contributed by atoms with E-state index in [1.54, 1.807) is 11.8 Å². The zero-order valence-electron chi connectivity index (χ0n) is 8.79. The second kappa shape index (κ2) is 5.94. The highest BCUT2D eigenvalue weighted by atomic mass is 32.2. The molecule has 0 bridgehead atoms. The number of para-hydroxylation sites is 1. The monoisotopic (exact) mass is 210 g/mol. The minimum atomic E-state index is 0.559. The van der Waals surface area contributed by atoms with Crippen molar-refractivity contribution in [2.24, 2.45) is 0 Å². The van der Waals surface area contributed by atoms with Gasteiger partial charge in [-0.05, 0) is 12.1 Å². The number of benzene rings is 1. The molecule has 0 aliphatic heterocycles. The molecule has 0 aliphatic carbocycles. The summed E-state index contributed by atoms with van der Waals surface area (Å²) in [6, 6.07) is 8.55. The Hall–Kier alpha value is -0.670. The van der Waals surface area contributed by atoms with Gasteiger partial charge in [-0.25, -0.2) is 0 Å². The molecule has 0 saturated carbocycles. The largest absolute Gasteiger partial charge is 0.398 e. The van der Waals surface area contributed by atoms with Crippen LogP contribution in [0.2, 0.25) is 0 Å². The van der Waals surface area contributed by atoms with E-state index in [1.165, 1.54) is 4.90 Å². The first-order valence-corrected chi connectivity index (χ1v) is 5.89. The average molecular weight is 210 g/mol. The maximum Gasteiger partial charge on any atom is 0.0452 e. The smallest absolute Gasteiger partial charge is 0.0452 e. The van der Waals surface area contributed by atoms with Crippen molar-refractivity contribution in [1.29, 1.82) is 0 Å². The van der Waals surface area contributed by atoms with Gasteiger partial charge in [0, 0.05) is 28.9 Å². The Kier molecular flexibility index (Phi) is 4.84. The standard InChI is InChI=1S/C11H18N2S/c1-9(2)13-7-8-14-11-6-4-3-5-10(11)12/h3-6,9,13H,7-8,12H2,1-2H3. The molecular formula is C11H18N2S. The summed E-state index contributed by atoms with van der Waals surface area (Å²) < 4.78 is 0. The van der Waals surface area contributed by atoms with Gasteiger partial charge in [-0.15, -0.1) is 11.8 Å². The van der Waals surface area contributed by atoms with E-state index in [1.807, 2.05) is 18.2 Å². The maximum atomic E-state index is 5.82. The molecule has 2 nitrogen and oxygen atoms in total. The average Bonchev–Trinajstić information content (AvgIpc) is 2.15. The van der Waals surface area contributed by atoms with Gasteiger partial charge in [0.25, 0.3) is 0 Å². The van der Waals surface area contributed by atoms with E-state index in [0.717, 1.165) is 18.0 Å². The Balaban J connectivity index is 2.28. The summed E-state index contributed by atoms with van der Waals surface area (Å²) in [7, 11) is 0. The van der Waals surface area contributed by atoms with Crippen molar-refractivity contribution in [1.82, 2.24) is 5.32 Å². The zero-order valence-corrected chi connectivity index (χ0v) is 9.60. The first kappa shape index (κ1) is 11.4. The number of anilines is 1. The third-order valence-corrected chi connectivity index (χ3v) is 2.92. The Labute approximate surface area is 90.3 Å². The van der Waals surface area contributed by atoms with Crippen molar-refractivity contribution < 1.29 is 0 Å². The Morgan fingerprint density at radius 3 is 2.71 bits per heavy atom. The first-order valence-electron chi connectivity index (χ1n) is 4.91. The Morgan fingerprint density at radius 2 is 2.07 bits per heavy atom. The van der Waals surface area contributed by atoms with Gasteiger partial charge in [-0.2, -0.15) is 0 Å². The molecule has 0 unspecified atom stereocenters. The van der Waals surface area contributed by atoms with E-state index < -0.39 is 0 Å². The van der Waals surface area contributed by atoms with E-state index >= 15 is 0 Å². The van der Waals surface area contributed by atoms with Crippen LogP contribution in [0.4, 0.5) is 5.69 Å². The van der Waals surface area contributed by atoms with Crippen molar-refractivity contribution in [2.45, 2.75) is 24.8 Å². The first-order chi connectivity index (χ1) is 6.70. The lowest BCUT2D eigenvalue weighted by Crippen LogP contribution is -2.24. The predicted molar refractivity (Wildman–Crippen MR) is 64.7 cm³/mol. The molecular weight excluding hydrogens is 192 g/mol. The summed E-state index contributed by atoms with van der Waals surface area (Å²) in [5.74, 6) is 1.06. The van der Waals surface area contributed by atoms with Crippen LogP contribution >= 0.6 is 11.8 Å². The summed E-state index contributed by atoms with van der Waals surface area (Å²) in [5, 5.41) is 3.37. The Bertz CT molecular complexity index is 274. The lowest BCUT2D eigenvalue weighted by atomic mass is 10.3. The van der Waals surface area contributed by atoms with Gasteiger partial charge < -0.3 is 11.1 Å². The van der Waals surface area contributed by atoms with Crippen LogP contribution in [-0.2, 0) is 0 Å². The zero-order chi connectivity index (χ0) is 10.4. The van der Waals surface area contributed by atoms with Crippen LogP contribution in [0.25, 0.3) is 0 Å². The number of nitrogen functional groups attached to an aromatic ring is 1. The molecule has 0 spiro atoms. The number of nitrogens with one attached hydrogen (secondary N) is 1. The van der Waals surface area contributed by atoms with Gasteiger partial charge >= 0.3 is 0 Å². The molecule has 0 atom stereocenters. The van der Waals surface area contributed by atoms with Crippen LogP contribution in [0, 0.1) is 0 Å². The summed E-state index contributed by atoms with van der Waals surface area (Å²) in [6.07, 6.45) is 0. The van der Waals surface area contributed by atoms with Crippen LogP contribution in [0.1, 0.15) is 13.8 Å². The highest BCUT2D eigenvalue weighted by Gasteiger charge is 1.98. The van der Waals surface area contributed by atoms with Crippen LogP contribution in [0.5, 0.6) is 0 Å². The van der Waals surface area contributed by atoms with E-state index in [4.69, 9.17) is 5.73 Å². The molecule has 3 N–H and O–H groups in total. The fourth-order valence-electron chi connectivity index (χ4n) is 1.12. The minimum Gasteiger partial charge on any atom is -0.398 e. The van der Waals surface area contributed by atoms with Crippen LogP contribution in [-0.4, -0.2) is 18.3 Å². The second-order valence-corrected chi connectivity index (χ2v) is 4.63. The normalized spacial score (nSPS) is 10.8. The molecule has 1 aromatic carbocycles. The molecule has 1 rings (SSSR count). The van der Waals surface area contributed by atoms with Gasteiger partial charge in [-0.1, -0.05) is 26.0 Å². The lowest BCUT2D eigenvalue weighted by Gasteiger charge is -2.08. The molecule has 0 amide bonds. The molecule has 0 radical (unpaired) electrons. The highest BCUT2D eigenvalue weighted by molar-refractivity contribution is 7.99. The fourth-order valence-corrected chi connectivity index (χ4v) is 1.97. The van der Waals surface area contributed by atoms with E-state index in [0.29, 0.717) is 6.04 Å². The lowest BCUT2D eigenvalue weighted by molar-refractivity contribution is 0.616. The topological polar surface area (TPSA) is 38.0 Å². The van der Waals surface area contributed by atoms with E-state index in [-0.39, 0.29) is 0 Å². The number of hydrogen-bond donors (Lipinski definition) is 2. The quantitative estimate of drug-likeness (QED) is 0.445. The summed E-state index contributed by atoms with van der Waals surface area (Å²) in [5.41, 5.74) is 6.70. The van der Waals surface area contributed by atoms with E-state index in [2.05, 4.69) is 25.2 Å². The molecule has 3 heteroatoms. The molecule has 0 aliphatic rings. The van der Waals surface area contributed by atoms with Crippen molar-refractivity contribution in [3.63, 3.8) is 0 Å². The minimum absolute atomic E-state index is 0.559. The SMILES string of the molecule is CC(C)NCCSc1ccccc1N. The van der Waals surface area contributed by atoms with Gasteiger partial charge in [0.1, 0.15) is 0 Å². The van der Waals surface area contributed by atoms with Crippen molar-refractivity contribution >= 4 is 17.4 Å². The van der Waals surface area contributed by atoms with Crippen molar-refractivity contribution in [3.8, 4) is 0 Å². The summed E-state index contributed by atoms with van der Waals surface area (Å²) >= 11 is 1.80. The Morgan fingerprint density at radius 1 is 1.36 bits per heavy atom. The highest BCUT2D eigenvalue weighted by Crippen LogP contribution is 2.23. The van der Waals surface area contributed by atoms with Gasteiger partial charge in [0.05, 0.1) is 0 Å². The molecule has 14 heavy (non-hydrogen) atoms. The van der Waals surface area contributed by atoms with Crippen molar-refractivity contribution in [2.75, 3.05) is 18.0 Å². The number of nitrogens with two attached hydrogens (primary N) is 1. The van der Waals surface area contributed by atoms with Crippen LogP contribution < -0.4 is 11.1 Å². The molecule has 0 aromatic heterocycles. The van der Waals surface area contributed by atoms with Gasteiger partial charge in [0.2, 0.25) is 0 Å². The van der Waals surface area contributed by atoms with Crippen LogP contribution in [0.3, 0.4) is 0 Å². The predicted octanol–water partition coefficient (Wildman–Crippen LogP) is 2.36. The number of hydrogen-bond acceptors (Lipinski definition) is 3. The molecule has 0 heterocycles. The molecule has 78 valence electrons. The summed E-state index contributed by atoms with van der Waals surface area (Å²) in [6.45, 7) is 5.33. The van der Waals surface area contributed by atoms with Crippen LogP contribution in [0.15, 0.2) is 29.2 Å². The molecule has 0 fully saturated rings. The van der Waals surface area contributed by atoms with Gasteiger partial charge in [0.15, 0.2) is 0 Å². The van der Waals surface area contributed by atoms with Gasteiger partial charge in [-0.3, -0.25) is 0 Å². The fraction of sp³-hybridized carbons (Fsp3) is 0.455. The third-order valence-electron chi connectivity index (χ3n) is 1.83. The number of thioether (sulfide) groups is 1. The molecule has 1 aromatic rings. The second-order valence-electron chi connectivity index (χ2n) is 3.50. The maximum absolute atomic E-state index is 5.82. The summed E-state index contributed by atoms with van der Waals surface area (Å²) in [4.78, 5) is 1.18. The molecule has 0 saturated heterocycles.